The minimum Gasteiger partial charge on any atom is -0.330 e. The van der Waals surface area contributed by atoms with E-state index in [1.54, 1.807) is 0 Å². The number of hydrogen-bond acceptors (Lipinski definition) is 1. The van der Waals surface area contributed by atoms with Gasteiger partial charge in [0.25, 0.3) is 0 Å². The molecule has 0 aliphatic carbocycles. The van der Waals surface area contributed by atoms with Gasteiger partial charge in [-0.1, -0.05) is 42.9 Å². The fourth-order valence-corrected chi connectivity index (χ4v) is 1.08. The van der Waals surface area contributed by atoms with Gasteiger partial charge in [0.2, 0.25) is 0 Å². The quantitative estimate of drug-likeness (QED) is 0.485. The summed E-state index contributed by atoms with van der Waals surface area (Å²) >= 11 is 0. The maximum Gasteiger partial charge on any atom is -0.00772 e. The summed E-state index contributed by atoms with van der Waals surface area (Å²) in [7, 11) is 0. The normalized spacial score (nSPS) is 13.2. The number of hydrogen-bond donors (Lipinski definition) is 1. The monoisotopic (exact) mass is 193 g/mol. The molecule has 80 valence electrons. The van der Waals surface area contributed by atoms with Crippen molar-refractivity contribution in [3.8, 4) is 0 Å². The van der Waals surface area contributed by atoms with Gasteiger partial charge in [-0.25, -0.2) is 0 Å². The zero-order valence-electron chi connectivity index (χ0n) is 9.50. The molecule has 0 aromatic heterocycles. The second kappa shape index (κ2) is 10.3. The molecule has 2 N–H and O–H groups in total. The van der Waals surface area contributed by atoms with Crippen molar-refractivity contribution in [2.45, 2.75) is 39.5 Å². The van der Waals surface area contributed by atoms with Crippen molar-refractivity contribution in [3.05, 3.63) is 36.0 Å². The van der Waals surface area contributed by atoms with Crippen LogP contribution in [0.15, 0.2) is 36.0 Å². The van der Waals surface area contributed by atoms with E-state index in [0.29, 0.717) is 0 Å². The van der Waals surface area contributed by atoms with Gasteiger partial charge in [0.1, 0.15) is 0 Å². The summed E-state index contributed by atoms with van der Waals surface area (Å²) in [5.74, 6) is 0. The van der Waals surface area contributed by atoms with Crippen LogP contribution in [0.1, 0.15) is 39.5 Å². The Bertz CT molecular complexity index is 199. The minimum atomic E-state index is 0.807. The van der Waals surface area contributed by atoms with Crippen molar-refractivity contribution in [2.75, 3.05) is 6.54 Å². The average Bonchev–Trinajstić information content (AvgIpc) is 2.20. The Hall–Kier alpha value is -0.820. The van der Waals surface area contributed by atoms with Crippen LogP contribution in [0.2, 0.25) is 0 Å². The molecule has 0 aliphatic rings. The standard InChI is InChI=1S/C13H23N/c1-3-4-10-13(2)11-8-6-5-7-9-12-14/h4,6,8,10-11H,3,5,7,9,12,14H2,1-2H3. The zero-order valence-corrected chi connectivity index (χ0v) is 9.50. The Kier molecular flexibility index (Phi) is 9.66. The topological polar surface area (TPSA) is 26.0 Å². The SMILES string of the molecule is CCC=CC(C)=CC=CCCCCN. The van der Waals surface area contributed by atoms with Crippen LogP contribution in [0.3, 0.4) is 0 Å². The Morgan fingerprint density at radius 1 is 1.21 bits per heavy atom. The van der Waals surface area contributed by atoms with E-state index >= 15 is 0 Å². The zero-order chi connectivity index (χ0) is 10.6. The van der Waals surface area contributed by atoms with Gasteiger partial charge in [0, 0.05) is 0 Å². The summed E-state index contributed by atoms with van der Waals surface area (Å²) < 4.78 is 0. The summed E-state index contributed by atoms with van der Waals surface area (Å²) in [6.45, 7) is 5.07. The van der Waals surface area contributed by atoms with Crippen molar-refractivity contribution < 1.29 is 0 Å². The summed E-state index contributed by atoms with van der Waals surface area (Å²) in [5.41, 5.74) is 6.71. The van der Waals surface area contributed by atoms with Crippen LogP contribution in [0.5, 0.6) is 0 Å². The van der Waals surface area contributed by atoms with E-state index in [1.165, 1.54) is 12.0 Å². The van der Waals surface area contributed by atoms with Gasteiger partial charge < -0.3 is 5.73 Å². The van der Waals surface area contributed by atoms with Crippen molar-refractivity contribution in [1.29, 1.82) is 0 Å². The fourth-order valence-electron chi connectivity index (χ4n) is 1.08. The average molecular weight is 193 g/mol. The summed E-state index contributed by atoms with van der Waals surface area (Å²) in [5, 5.41) is 0. The first-order chi connectivity index (χ1) is 6.81. The van der Waals surface area contributed by atoms with Crippen LogP contribution in [0, 0.1) is 0 Å². The smallest absolute Gasteiger partial charge is 0.00772 e. The number of allylic oxidation sites excluding steroid dienone is 6. The van der Waals surface area contributed by atoms with Crippen molar-refractivity contribution >= 4 is 0 Å². The maximum absolute atomic E-state index is 5.40. The van der Waals surface area contributed by atoms with E-state index in [2.05, 4.69) is 44.2 Å². The number of rotatable bonds is 7. The largest absolute Gasteiger partial charge is 0.330 e. The molecule has 14 heavy (non-hydrogen) atoms. The Morgan fingerprint density at radius 3 is 2.64 bits per heavy atom. The fraction of sp³-hybridized carbons (Fsp3) is 0.538. The molecule has 0 atom stereocenters. The van der Waals surface area contributed by atoms with Gasteiger partial charge in [-0.3, -0.25) is 0 Å². The molecule has 0 rings (SSSR count). The molecule has 0 bridgehead atoms. The summed E-state index contributed by atoms with van der Waals surface area (Å²) in [6, 6.07) is 0. The lowest BCUT2D eigenvalue weighted by Crippen LogP contribution is -1.96. The van der Waals surface area contributed by atoms with Crippen molar-refractivity contribution in [3.63, 3.8) is 0 Å². The molecule has 0 unspecified atom stereocenters. The highest BCUT2D eigenvalue weighted by Crippen LogP contribution is 1.99. The molecule has 0 heterocycles. The molecule has 0 amide bonds. The van der Waals surface area contributed by atoms with Crippen LogP contribution < -0.4 is 5.73 Å². The molecular weight excluding hydrogens is 170 g/mol. The van der Waals surface area contributed by atoms with E-state index in [0.717, 1.165) is 25.8 Å². The van der Waals surface area contributed by atoms with Gasteiger partial charge in [-0.05, 0) is 39.2 Å². The lowest BCUT2D eigenvalue weighted by molar-refractivity contribution is 0.758. The molecule has 0 spiro atoms. The van der Waals surface area contributed by atoms with Gasteiger partial charge in [-0.15, -0.1) is 0 Å². The van der Waals surface area contributed by atoms with Crippen LogP contribution in [-0.4, -0.2) is 6.54 Å². The van der Waals surface area contributed by atoms with E-state index < -0.39 is 0 Å². The molecule has 1 heteroatoms. The Morgan fingerprint density at radius 2 is 2.00 bits per heavy atom. The second-order valence-electron chi connectivity index (χ2n) is 3.43. The van der Waals surface area contributed by atoms with E-state index in [4.69, 9.17) is 5.73 Å². The lowest BCUT2D eigenvalue weighted by atomic mass is 10.2. The Labute approximate surface area is 88.4 Å². The Balaban J connectivity index is 3.61. The summed E-state index contributed by atoms with van der Waals surface area (Å²) in [6.07, 6.45) is 15.4. The van der Waals surface area contributed by atoms with Gasteiger partial charge in [0.15, 0.2) is 0 Å². The van der Waals surface area contributed by atoms with E-state index in [1.807, 2.05) is 0 Å². The molecule has 1 nitrogen and oxygen atoms in total. The molecular formula is C13H23N. The van der Waals surface area contributed by atoms with Gasteiger partial charge in [0.05, 0.1) is 0 Å². The molecule has 0 aromatic rings. The van der Waals surface area contributed by atoms with Gasteiger partial charge >= 0.3 is 0 Å². The van der Waals surface area contributed by atoms with Crippen molar-refractivity contribution in [1.82, 2.24) is 0 Å². The highest BCUT2D eigenvalue weighted by molar-refractivity contribution is 5.21. The second-order valence-corrected chi connectivity index (χ2v) is 3.43. The first kappa shape index (κ1) is 13.2. The molecule has 0 aromatic carbocycles. The van der Waals surface area contributed by atoms with Gasteiger partial charge in [-0.2, -0.15) is 0 Å². The lowest BCUT2D eigenvalue weighted by Gasteiger charge is -1.91. The van der Waals surface area contributed by atoms with Crippen LogP contribution >= 0.6 is 0 Å². The molecule has 0 saturated carbocycles. The van der Waals surface area contributed by atoms with E-state index in [9.17, 15) is 0 Å². The minimum absolute atomic E-state index is 0.807. The molecule has 0 aliphatic heterocycles. The highest BCUT2D eigenvalue weighted by atomic mass is 14.5. The first-order valence-corrected chi connectivity index (χ1v) is 5.51. The van der Waals surface area contributed by atoms with Crippen LogP contribution in [0.4, 0.5) is 0 Å². The van der Waals surface area contributed by atoms with Crippen molar-refractivity contribution in [2.24, 2.45) is 5.73 Å². The first-order valence-electron chi connectivity index (χ1n) is 5.51. The molecule has 0 radical (unpaired) electrons. The molecule has 0 saturated heterocycles. The maximum atomic E-state index is 5.40. The third kappa shape index (κ3) is 9.27. The number of nitrogens with two attached hydrogens (primary N) is 1. The third-order valence-electron chi connectivity index (χ3n) is 1.94. The highest BCUT2D eigenvalue weighted by Gasteiger charge is 1.81. The summed E-state index contributed by atoms with van der Waals surface area (Å²) in [4.78, 5) is 0. The van der Waals surface area contributed by atoms with E-state index in [-0.39, 0.29) is 0 Å². The molecule has 0 fully saturated rings. The predicted molar refractivity (Wildman–Crippen MR) is 65.2 cm³/mol. The van der Waals surface area contributed by atoms with Crippen LogP contribution in [-0.2, 0) is 0 Å². The van der Waals surface area contributed by atoms with Crippen LogP contribution in [0.25, 0.3) is 0 Å². The number of unbranched alkanes of at least 4 members (excludes halogenated alkanes) is 2. The third-order valence-corrected chi connectivity index (χ3v) is 1.94. The predicted octanol–water partition coefficient (Wildman–Crippen LogP) is 3.58.